The molecule has 0 spiro atoms. The predicted molar refractivity (Wildman–Crippen MR) is 140 cm³/mol. The zero-order chi connectivity index (χ0) is 25.7. The number of para-hydroxylation sites is 1. The molecule has 1 heterocycles. The number of ether oxygens (including phenoxy) is 3. The van der Waals surface area contributed by atoms with Gasteiger partial charge in [-0.25, -0.2) is 4.98 Å². The molecule has 0 aliphatic heterocycles. The summed E-state index contributed by atoms with van der Waals surface area (Å²) >= 11 is 0. The smallest absolute Gasteiger partial charge is 0.254 e. The van der Waals surface area contributed by atoms with Crippen molar-refractivity contribution in [3.05, 3.63) is 53.1 Å². The van der Waals surface area contributed by atoms with Crippen LogP contribution in [0.5, 0.6) is 17.2 Å². The summed E-state index contributed by atoms with van der Waals surface area (Å²) in [6, 6.07) is 11.7. The lowest BCUT2D eigenvalue weighted by molar-refractivity contribution is 0.0731. The van der Waals surface area contributed by atoms with Crippen LogP contribution in [0.3, 0.4) is 0 Å². The van der Waals surface area contributed by atoms with E-state index in [0.29, 0.717) is 42.4 Å². The molecule has 2 aromatic carbocycles. The number of amides is 1. The van der Waals surface area contributed by atoms with Crippen LogP contribution in [0, 0.1) is 6.92 Å². The molecule has 3 aromatic rings. The number of likely N-dealkylation sites (N-methyl/N-ethyl adjacent to an activating group) is 1. The third kappa shape index (κ3) is 5.77. The Morgan fingerprint density at radius 1 is 0.914 bits per heavy atom. The molecule has 0 fully saturated rings. The van der Waals surface area contributed by atoms with Gasteiger partial charge in [-0.15, -0.1) is 0 Å². The zero-order valence-corrected chi connectivity index (χ0v) is 22.0. The van der Waals surface area contributed by atoms with E-state index in [1.54, 1.807) is 33.5 Å². The first-order valence-electron chi connectivity index (χ1n) is 11.5. The molecule has 1 amide bonds. The van der Waals surface area contributed by atoms with Crippen molar-refractivity contribution in [3.63, 3.8) is 0 Å². The highest BCUT2D eigenvalue weighted by molar-refractivity contribution is 5.96. The van der Waals surface area contributed by atoms with Crippen molar-refractivity contribution >= 4 is 22.6 Å². The summed E-state index contributed by atoms with van der Waals surface area (Å²) in [5.41, 5.74) is 3.53. The van der Waals surface area contributed by atoms with E-state index in [-0.39, 0.29) is 5.91 Å². The van der Waals surface area contributed by atoms with E-state index in [9.17, 15) is 4.79 Å². The Balaban J connectivity index is 2.07. The number of fused-ring (bicyclic) bond motifs is 1. The van der Waals surface area contributed by atoms with E-state index in [4.69, 9.17) is 19.2 Å². The van der Waals surface area contributed by atoms with Crippen LogP contribution in [0.2, 0.25) is 0 Å². The summed E-state index contributed by atoms with van der Waals surface area (Å²) in [6.07, 6.45) is 0. The second kappa shape index (κ2) is 11.3. The van der Waals surface area contributed by atoms with Crippen molar-refractivity contribution in [2.45, 2.75) is 13.5 Å². The number of carbonyl (C=O) groups excluding carboxylic acids is 1. The van der Waals surface area contributed by atoms with Crippen LogP contribution in [0.1, 0.15) is 21.5 Å². The van der Waals surface area contributed by atoms with Gasteiger partial charge in [0, 0.05) is 50.2 Å². The van der Waals surface area contributed by atoms with Gasteiger partial charge in [-0.2, -0.15) is 0 Å². The van der Waals surface area contributed by atoms with Crippen LogP contribution < -0.4 is 19.1 Å². The monoisotopic (exact) mass is 480 g/mol. The van der Waals surface area contributed by atoms with Crippen LogP contribution in [0.15, 0.2) is 36.4 Å². The Hall–Kier alpha value is -3.52. The molecule has 0 aliphatic carbocycles. The maximum atomic E-state index is 13.8. The van der Waals surface area contributed by atoms with Crippen LogP contribution >= 0.6 is 0 Å². The van der Waals surface area contributed by atoms with Gasteiger partial charge in [0.15, 0.2) is 11.5 Å². The summed E-state index contributed by atoms with van der Waals surface area (Å²) in [5.74, 6) is 2.06. The van der Waals surface area contributed by atoms with Crippen LogP contribution in [0.25, 0.3) is 10.9 Å². The average molecular weight is 481 g/mol. The molecule has 0 saturated heterocycles. The number of pyridine rings is 1. The number of hydrogen-bond donors (Lipinski definition) is 0. The highest BCUT2D eigenvalue weighted by atomic mass is 16.5. The quantitative estimate of drug-likeness (QED) is 0.437. The van der Waals surface area contributed by atoms with E-state index in [1.807, 2.05) is 44.1 Å². The third-order valence-corrected chi connectivity index (χ3v) is 5.90. The van der Waals surface area contributed by atoms with E-state index in [1.165, 1.54) is 0 Å². The SMILES string of the molecule is COc1cc(C(=O)N(CCN(C)C)Cc2cc3cccc(C)c3nc2N(C)C)cc(OC)c1OC. The van der Waals surface area contributed by atoms with Gasteiger partial charge in [-0.1, -0.05) is 18.2 Å². The van der Waals surface area contributed by atoms with E-state index >= 15 is 0 Å². The molecule has 188 valence electrons. The second-order valence-electron chi connectivity index (χ2n) is 8.96. The van der Waals surface area contributed by atoms with Crippen molar-refractivity contribution in [1.29, 1.82) is 0 Å². The number of methoxy groups -OCH3 is 3. The molecule has 1 aromatic heterocycles. The first-order valence-corrected chi connectivity index (χ1v) is 11.5. The second-order valence-corrected chi connectivity index (χ2v) is 8.96. The number of nitrogens with zero attached hydrogens (tertiary/aromatic N) is 4. The number of aromatic nitrogens is 1. The van der Waals surface area contributed by atoms with Crippen LogP contribution in [-0.2, 0) is 6.54 Å². The van der Waals surface area contributed by atoms with Gasteiger partial charge in [0.2, 0.25) is 5.75 Å². The zero-order valence-electron chi connectivity index (χ0n) is 22.0. The number of rotatable bonds is 10. The maximum Gasteiger partial charge on any atom is 0.254 e. The molecule has 0 aliphatic rings. The largest absolute Gasteiger partial charge is 0.493 e. The van der Waals surface area contributed by atoms with E-state index in [0.717, 1.165) is 27.8 Å². The fourth-order valence-corrected chi connectivity index (χ4v) is 4.05. The Morgan fingerprint density at radius 3 is 2.11 bits per heavy atom. The van der Waals surface area contributed by atoms with Crippen molar-refractivity contribution in [2.75, 3.05) is 67.5 Å². The molecule has 8 heteroatoms. The highest BCUT2D eigenvalue weighted by Gasteiger charge is 2.23. The summed E-state index contributed by atoms with van der Waals surface area (Å²) < 4.78 is 16.4. The summed E-state index contributed by atoms with van der Waals surface area (Å²) in [4.78, 5) is 24.7. The Bertz CT molecular complexity index is 1170. The van der Waals surface area contributed by atoms with Crippen molar-refractivity contribution in [3.8, 4) is 17.2 Å². The van der Waals surface area contributed by atoms with Gasteiger partial charge in [0.05, 0.1) is 26.8 Å². The van der Waals surface area contributed by atoms with Gasteiger partial charge in [0.1, 0.15) is 5.82 Å². The van der Waals surface area contributed by atoms with Crippen LogP contribution in [0.4, 0.5) is 5.82 Å². The van der Waals surface area contributed by atoms with Crippen molar-refractivity contribution < 1.29 is 19.0 Å². The minimum Gasteiger partial charge on any atom is -0.493 e. The summed E-state index contributed by atoms with van der Waals surface area (Å²) in [5, 5.41) is 1.05. The first-order chi connectivity index (χ1) is 16.7. The standard InChI is InChI=1S/C27H36N4O4/c1-18-10-9-11-19-14-21(26(30(4)5)28-24(18)19)17-31(13-12-29(2)3)27(32)20-15-22(33-6)25(35-8)23(16-20)34-7/h9-11,14-16H,12-13,17H2,1-8H3. The molecule has 0 unspecified atom stereocenters. The number of hydrogen-bond acceptors (Lipinski definition) is 7. The topological polar surface area (TPSA) is 67.4 Å². The van der Waals surface area contributed by atoms with Gasteiger partial charge >= 0.3 is 0 Å². The molecular formula is C27H36N4O4. The molecule has 3 rings (SSSR count). The Kier molecular flexibility index (Phi) is 8.40. The molecule has 0 bridgehead atoms. The van der Waals surface area contributed by atoms with E-state index in [2.05, 4.69) is 30.0 Å². The summed E-state index contributed by atoms with van der Waals surface area (Å²) in [6.45, 7) is 3.73. The lowest BCUT2D eigenvalue weighted by Gasteiger charge is -2.27. The third-order valence-electron chi connectivity index (χ3n) is 5.90. The molecule has 35 heavy (non-hydrogen) atoms. The average Bonchev–Trinajstić information content (AvgIpc) is 2.84. The number of anilines is 1. The highest BCUT2D eigenvalue weighted by Crippen LogP contribution is 2.38. The number of benzene rings is 2. The predicted octanol–water partition coefficient (Wildman–Crippen LogP) is 3.84. The van der Waals surface area contributed by atoms with Gasteiger partial charge in [-0.05, 0) is 44.8 Å². The molecule has 0 N–H and O–H groups in total. The molecule has 0 atom stereocenters. The minimum absolute atomic E-state index is 0.125. The number of aryl methyl sites for hydroxylation is 1. The molecule has 0 saturated carbocycles. The Morgan fingerprint density at radius 2 is 1.57 bits per heavy atom. The van der Waals surface area contributed by atoms with Gasteiger partial charge < -0.3 is 28.9 Å². The summed E-state index contributed by atoms with van der Waals surface area (Å²) in [7, 11) is 12.6. The number of carbonyl (C=O) groups is 1. The molecule has 0 radical (unpaired) electrons. The normalized spacial score (nSPS) is 11.0. The minimum atomic E-state index is -0.125. The molecular weight excluding hydrogens is 444 g/mol. The molecule has 8 nitrogen and oxygen atoms in total. The maximum absolute atomic E-state index is 13.8. The van der Waals surface area contributed by atoms with Crippen molar-refractivity contribution in [1.82, 2.24) is 14.8 Å². The van der Waals surface area contributed by atoms with E-state index < -0.39 is 0 Å². The van der Waals surface area contributed by atoms with Gasteiger partial charge in [-0.3, -0.25) is 4.79 Å². The fourth-order valence-electron chi connectivity index (χ4n) is 4.05. The van der Waals surface area contributed by atoms with Crippen LogP contribution in [-0.4, -0.2) is 83.3 Å². The first kappa shape index (κ1) is 26.1. The lowest BCUT2D eigenvalue weighted by atomic mass is 10.1. The fraction of sp³-hybridized carbons (Fsp3) is 0.407. The van der Waals surface area contributed by atoms with Gasteiger partial charge in [0.25, 0.3) is 5.91 Å². The van der Waals surface area contributed by atoms with Crippen molar-refractivity contribution in [2.24, 2.45) is 0 Å². The Labute approximate surface area is 208 Å². The lowest BCUT2D eigenvalue weighted by Crippen LogP contribution is -2.36.